The van der Waals surface area contributed by atoms with Crippen LogP contribution in [0.3, 0.4) is 0 Å². The fourth-order valence-corrected chi connectivity index (χ4v) is 3.96. The van der Waals surface area contributed by atoms with E-state index in [0.29, 0.717) is 32.9 Å². The van der Waals surface area contributed by atoms with Crippen LogP contribution in [-0.4, -0.2) is 36.0 Å². The van der Waals surface area contributed by atoms with E-state index in [0.717, 1.165) is 0 Å². The minimum atomic E-state index is -1.08. The molecule has 0 fully saturated rings. The Morgan fingerprint density at radius 1 is 1.09 bits per heavy atom. The molecule has 1 atom stereocenters. The number of ether oxygens (including phenoxy) is 2. The van der Waals surface area contributed by atoms with Crippen molar-refractivity contribution in [2.75, 3.05) is 30.2 Å². The molecule has 4 N–H and O–H groups in total. The first-order valence-corrected chi connectivity index (χ1v) is 10.7. The predicted octanol–water partition coefficient (Wildman–Crippen LogP) is 3.90. The van der Waals surface area contributed by atoms with Crippen molar-refractivity contribution in [3.8, 4) is 11.5 Å². The Balaban J connectivity index is 1.66. The van der Waals surface area contributed by atoms with Gasteiger partial charge in [-0.05, 0) is 30.3 Å². The first-order valence-electron chi connectivity index (χ1n) is 9.98. The second-order valence-electron chi connectivity index (χ2n) is 7.29. The molecule has 0 spiro atoms. The van der Waals surface area contributed by atoms with Crippen LogP contribution in [0.25, 0.3) is 0 Å². The van der Waals surface area contributed by atoms with E-state index in [1.807, 2.05) is 0 Å². The molecule has 2 aromatic carbocycles. The van der Waals surface area contributed by atoms with Crippen molar-refractivity contribution in [3.63, 3.8) is 0 Å². The van der Waals surface area contributed by atoms with E-state index in [1.54, 1.807) is 30.3 Å². The number of aromatic amines is 1. The molecule has 176 valence electrons. The number of rotatable bonds is 6. The Bertz CT molecular complexity index is 1340. The first kappa shape index (κ1) is 23.4. The normalized spacial score (nSPS) is 14.6. The number of anilines is 4. The number of nitrogens with one attached hydrogen (secondary N) is 4. The molecule has 12 heteroatoms. The summed E-state index contributed by atoms with van der Waals surface area (Å²) < 4.78 is 10.5. The highest BCUT2D eigenvalue weighted by molar-refractivity contribution is 6.36. The van der Waals surface area contributed by atoms with Gasteiger partial charge in [-0.2, -0.15) is 4.98 Å². The quantitative estimate of drug-likeness (QED) is 0.400. The molecular weight excluding hydrogens is 485 g/mol. The molecule has 1 aliphatic rings. The fourth-order valence-electron chi connectivity index (χ4n) is 3.50. The number of carbonyl (C=O) groups excluding carboxylic acids is 2. The molecule has 1 aliphatic heterocycles. The van der Waals surface area contributed by atoms with Crippen LogP contribution in [-0.2, 0) is 9.59 Å². The molecule has 0 radical (unpaired) electrons. The second-order valence-corrected chi connectivity index (χ2v) is 8.13. The van der Waals surface area contributed by atoms with Crippen LogP contribution >= 0.6 is 23.2 Å². The zero-order valence-corrected chi connectivity index (χ0v) is 19.5. The SMILES string of the molecule is COc1ccc(OC)c(NC(=O)C2CC(=O)Nc3nc(Nc4ccc(Cl)cc4Cl)[nH]c(=O)c32)c1. The number of benzene rings is 2. The number of fused-ring (bicyclic) bond motifs is 1. The van der Waals surface area contributed by atoms with Gasteiger partial charge in [0.2, 0.25) is 17.8 Å². The lowest BCUT2D eigenvalue weighted by atomic mass is 9.92. The zero-order valence-electron chi connectivity index (χ0n) is 18.0. The van der Waals surface area contributed by atoms with Gasteiger partial charge < -0.3 is 25.4 Å². The summed E-state index contributed by atoms with van der Waals surface area (Å²) >= 11 is 12.1. The lowest BCUT2D eigenvalue weighted by molar-refractivity contribution is -0.123. The smallest absolute Gasteiger partial charge is 0.258 e. The number of H-pyrrole nitrogens is 1. The molecule has 1 aromatic heterocycles. The first-order chi connectivity index (χ1) is 16.3. The third-order valence-corrected chi connectivity index (χ3v) is 5.66. The van der Waals surface area contributed by atoms with E-state index in [1.165, 1.54) is 20.3 Å². The number of halogens is 2. The maximum absolute atomic E-state index is 13.1. The van der Waals surface area contributed by atoms with Crippen molar-refractivity contribution < 1.29 is 19.1 Å². The summed E-state index contributed by atoms with van der Waals surface area (Å²) in [4.78, 5) is 45.3. The van der Waals surface area contributed by atoms with E-state index >= 15 is 0 Å². The summed E-state index contributed by atoms with van der Waals surface area (Å²) in [6.45, 7) is 0. The van der Waals surface area contributed by atoms with Gasteiger partial charge in [-0.25, -0.2) is 0 Å². The summed E-state index contributed by atoms with van der Waals surface area (Å²) in [5.74, 6) is -1.22. The summed E-state index contributed by atoms with van der Waals surface area (Å²) in [6, 6.07) is 9.63. The highest BCUT2D eigenvalue weighted by atomic mass is 35.5. The molecule has 10 nitrogen and oxygen atoms in total. The molecule has 1 unspecified atom stereocenters. The molecule has 3 aromatic rings. The van der Waals surface area contributed by atoms with Gasteiger partial charge in [0.25, 0.3) is 5.56 Å². The Morgan fingerprint density at radius 3 is 2.59 bits per heavy atom. The average Bonchev–Trinajstić information content (AvgIpc) is 2.80. The van der Waals surface area contributed by atoms with Gasteiger partial charge in [0.05, 0.1) is 42.1 Å². The number of aromatic nitrogens is 2. The van der Waals surface area contributed by atoms with Crippen LogP contribution < -0.4 is 31.0 Å². The number of hydrogen-bond acceptors (Lipinski definition) is 7. The van der Waals surface area contributed by atoms with Gasteiger partial charge in [0, 0.05) is 17.5 Å². The van der Waals surface area contributed by atoms with Gasteiger partial charge in [0.1, 0.15) is 17.3 Å². The monoisotopic (exact) mass is 503 g/mol. The van der Waals surface area contributed by atoms with Crippen molar-refractivity contribution in [2.45, 2.75) is 12.3 Å². The van der Waals surface area contributed by atoms with Crippen LogP contribution in [0.5, 0.6) is 11.5 Å². The van der Waals surface area contributed by atoms with E-state index in [-0.39, 0.29) is 23.8 Å². The van der Waals surface area contributed by atoms with Crippen molar-refractivity contribution in [1.29, 1.82) is 0 Å². The van der Waals surface area contributed by atoms with Crippen molar-refractivity contribution in [1.82, 2.24) is 9.97 Å². The molecule has 0 saturated heterocycles. The third kappa shape index (κ3) is 4.78. The van der Waals surface area contributed by atoms with Gasteiger partial charge in [0.15, 0.2) is 0 Å². The number of carbonyl (C=O) groups is 2. The van der Waals surface area contributed by atoms with Crippen molar-refractivity contribution >= 4 is 58.2 Å². The largest absolute Gasteiger partial charge is 0.497 e. The van der Waals surface area contributed by atoms with E-state index in [9.17, 15) is 14.4 Å². The van der Waals surface area contributed by atoms with E-state index < -0.39 is 23.3 Å². The number of amides is 2. The number of nitrogens with zero attached hydrogens (tertiary/aromatic N) is 1. The van der Waals surface area contributed by atoms with Crippen LogP contribution in [0, 0.1) is 0 Å². The summed E-state index contributed by atoms with van der Waals surface area (Å²) in [5, 5.41) is 8.89. The minimum Gasteiger partial charge on any atom is -0.497 e. The Kier molecular flexibility index (Phi) is 6.62. The standard InChI is InChI=1S/C22H19Cl2N5O5/c1-33-11-4-6-16(34-2)15(8-11)25-20(31)12-9-17(30)27-19-18(12)21(32)29-22(28-19)26-14-5-3-10(23)7-13(14)24/h3-8,12H,9H2,1-2H3,(H,25,31)(H3,26,27,28,29,30,32). The molecule has 0 aliphatic carbocycles. The molecular formula is C22H19Cl2N5O5. The Labute approximate surface area is 203 Å². The van der Waals surface area contributed by atoms with Gasteiger partial charge >= 0.3 is 0 Å². The van der Waals surface area contributed by atoms with Crippen LogP contribution in [0.15, 0.2) is 41.2 Å². The molecule has 2 heterocycles. The number of hydrogen-bond donors (Lipinski definition) is 4. The third-order valence-electron chi connectivity index (χ3n) is 5.12. The van der Waals surface area contributed by atoms with Crippen molar-refractivity contribution in [3.05, 3.63) is 62.4 Å². The summed E-state index contributed by atoms with van der Waals surface area (Å²) in [5.41, 5.74) is 0.220. The lowest BCUT2D eigenvalue weighted by Crippen LogP contribution is -2.36. The highest BCUT2D eigenvalue weighted by Crippen LogP contribution is 2.34. The fraction of sp³-hybridized carbons (Fsp3) is 0.182. The highest BCUT2D eigenvalue weighted by Gasteiger charge is 2.35. The molecule has 34 heavy (non-hydrogen) atoms. The van der Waals surface area contributed by atoms with Gasteiger partial charge in [-0.1, -0.05) is 23.2 Å². The lowest BCUT2D eigenvalue weighted by Gasteiger charge is -2.24. The topological polar surface area (TPSA) is 134 Å². The second kappa shape index (κ2) is 9.62. The summed E-state index contributed by atoms with van der Waals surface area (Å²) in [7, 11) is 2.94. The van der Waals surface area contributed by atoms with Gasteiger partial charge in [-0.3, -0.25) is 19.4 Å². The maximum Gasteiger partial charge on any atom is 0.258 e. The van der Waals surface area contributed by atoms with Crippen LogP contribution in [0.1, 0.15) is 17.9 Å². The Morgan fingerprint density at radius 2 is 1.88 bits per heavy atom. The molecule has 0 bridgehead atoms. The molecule has 0 saturated carbocycles. The maximum atomic E-state index is 13.1. The summed E-state index contributed by atoms with van der Waals surface area (Å²) in [6.07, 6.45) is -0.230. The Hall–Kier alpha value is -3.76. The predicted molar refractivity (Wildman–Crippen MR) is 129 cm³/mol. The van der Waals surface area contributed by atoms with E-state index in [4.69, 9.17) is 32.7 Å². The van der Waals surface area contributed by atoms with Crippen LogP contribution in [0.2, 0.25) is 10.0 Å². The molecule has 2 amide bonds. The van der Waals surface area contributed by atoms with Crippen molar-refractivity contribution in [2.24, 2.45) is 0 Å². The number of methoxy groups -OCH3 is 2. The van der Waals surface area contributed by atoms with Gasteiger partial charge in [-0.15, -0.1) is 0 Å². The molecule has 4 rings (SSSR count). The van der Waals surface area contributed by atoms with E-state index in [2.05, 4.69) is 25.9 Å². The van der Waals surface area contributed by atoms with Crippen LogP contribution in [0.4, 0.5) is 23.1 Å². The average molecular weight is 504 g/mol. The zero-order chi connectivity index (χ0) is 24.4. The minimum absolute atomic E-state index is 0.0228.